The highest BCUT2D eigenvalue weighted by molar-refractivity contribution is 9.10. The predicted molar refractivity (Wildman–Crippen MR) is 86.5 cm³/mol. The minimum absolute atomic E-state index is 0.648. The van der Waals surface area contributed by atoms with E-state index < -0.39 is 0 Å². The van der Waals surface area contributed by atoms with Crippen molar-refractivity contribution in [1.29, 1.82) is 0 Å². The zero-order valence-electron chi connectivity index (χ0n) is 11.4. The fourth-order valence-electron chi connectivity index (χ4n) is 1.90. The topological polar surface area (TPSA) is 12.0 Å². The molecule has 18 heavy (non-hydrogen) atoms. The Bertz CT molecular complexity index is 313. The van der Waals surface area contributed by atoms with E-state index in [-0.39, 0.29) is 0 Å². The third kappa shape index (κ3) is 6.81. The molecule has 1 N–H and O–H groups in total. The van der Waals surface area contributed by atoms with E-state index in [1.807, 2.05) is 11.8 Å². The second-order valence-corrected chi connectivity index (χ2v) is 6.52. The van der Waals surface area contributed by atoms with Crippen molar-refractivity contribution in [2.75, 3.05) is 12.3 Å². The summed E-state index contributed by atoms with van der Waals surface area (Å²) in [5, 5.41) is 3.59. The van der Waals surface area contributed by atoms with E-state index in [0.717, 1.165) is 11.0 Å². The normalized spacial score (nSPS) is 12.6. The van der Waals surface area contributed by atoms with E-state index in [2.05, 4.69) is 59.4 Å². The molecule has 0 saturated carbocycles. The highest BCUT2D eigenvalue weighted by Crippen LogP contribution is 2.22. The molecule has 0 radical (unpaired) electrons. The summed E-state index contributed by atoms with van der Waals surface area (Å²) in [4.78, 5) is 1.36. The van der Waals surface area contributed by atoms with Crippen LogP contribution in [0.1, 0.15) is 39.5 Å². The number of benzene rings is 1. The Balaban J connectivity index is 2.33. The zero-order valence-corrected chi connectivity index (χ0v) is 13.8. The van der Waals surface area contributed by atoms with E-state index >= 15 is 0 Å². The molecule has 0 aliphatic heterocycles. The highest BCUT2D eigenvalue weighted by Gasteiger charge is 2.07. The van der Waals surface area contributed by atoms with Crippen molar-refractivity contribution < 1.29 is 0 Å². The lowest BCUT2D eigenvalue weighted by molar-refractivity contribution is 0.506. The molecule has 0 fully saturated rings. The van der Waals surface area contributed by atoms with Gasteiger partial charge in [0.25, 0.3) is 0 Å². The third-order valence-corrected chi connectivity index (χ3v) is 4.62. The molecule has 1 nitrogen and oxygen atoms in total. The van der Waals surface area contributed by atoms with Crippen LogP contribution in [0.25, 0.3) is 0 Å². The van der Waals surface area contributed by atoms with E-state index in [0.29, 0.717) is 6.04 Å². The fourth-order valence-corrected chi connectivity index (χ4v) is 3.17. The first kappa shape index (κ1) is 16.1. The lowest BCUT2D eigenvalue weighted by Gasteiger charge is -2.17. The zero-order chi connectivity index (χ0) is 13.2. The van der Waals surface area contributed by atoms with Crippen molar-refractivity contribution >= 4 is 27.7 Å². The highest BCUT2D eigenvalue weighted by atomic mass is 79.9. The summed E-state index contributed by atoms with van der Waals surface area (Å²) < 4.78 is 1.15. The predicted octanol–water partition coefficient (Wildman–Crippen LogP) is 5.10. The molecule has 0 spiro atoms. The van der Waals surface area contributed by atoms with Gasteiger partial charge in [-0.05, 0) is 37.2 Å². The van der Waals surface area contributed by atoms with Crippen LogP contribution in [0.3, 0.4) is 0 Å². The van der Waals surface area contributed by atoms with Crippen LogP contribution < -0.4 is 5.32 Å². The quantitative estimate of drug-likeness (QED) is 0.499. The van der Waals surface area contributed by atoms with Crippen LogP contribution in [-0.4, -0.2) is 18.3 Å². The van der Waals surface area contributed by atoms with Gasteiger partial charge < -0.3 is 5.32 Å². The second-order valence-electron chi connectivity index (χ2n) is 4.52. The SMILES string of the molecule is CCCCCC(CSc1ccc(Br)cc1)NCC. The molecular weight excluding hydrogens is 306 g/mol. The largest absolute Gasteiger partial charge is 0.313 e. The first-order valence-electron chi connectivity index (χ1n) is 6.88. The van der Waals surface area contributed by atoms with E-state index in [9.17, 15) is 0 Å². The van der Waals surface area contributed by atoms with Crippen molar-refractivity contribution in [2.24, 2.45) is 0 Å². The van der Waals surface area contributed by atoms with Crippen molar-refractivity contribution in [2.45, 2.75) is 50.5 Å². The monoisotopic (exact) mass is 329 g/mol. The van der Waals surface area contributed by atoms with Crippen LogP contribution in [-0.2, 0) is 0 Å². The van der Waals surface area contributed by atoms with Crippen molar-refractivity contribution in [3.8, 4) is 0 Å². The lowest BCUT2D eigenvalue weighted by Crippen LogP contribution is -2.31. The van der Waals surface area contributed by atoms with E-state index in [4.69, 9.17) is 0 Å². The lowest BCUT2D eigenvalue weighted by atomic mass is 10.1. The van der Waals surface area contributed by atoms with Gasteiger partial charge in [0, 0.05) is 21.2 Å². The van der Waals surface area contributed by atoms with Crippen LogP contribution in [0.4, 0.5) is 0 Å². The summed E-state index contributed by atoms with van der Waals surface area (Å²) in [5.41, 5.74) is 0. The molecule has 0 saturated heterocycles. The Morgan fingerprint density at radius 1 is 1.17 bits per heavy atom. The number of rotatable bonds is 9. The Hall–Kier alpha value is 0.01000. The minimum atomic E-state index is 0.648. The molecule has 1 unspecified atom stereocenters. The Labute approximate surface area is 124 Å². The van der Waals surface area contributed by atoms with Crippen LogP contribution >= 0.6 is 27.7 Å². The average molecular weight is 330 g/mol. The molecular formula is C15H24BrNS. The first-order chi connectivity index (χ1) is 8.76. The molecule has 1 rings (SSSR count). The van der Waals surface area contributed by atoms with Gasteiger partial charge in [-0.25, -0.2) is 0 Å². The maximum absolute atomic E-state index is 3.59. The maximum Gasteiger partial charge on any atom is 0.0176 e. The number of hydrogen-bond donors (Lipinski definition) is 1. The number of thioether (sulfide) groups is 1. The number of hydrogen-bond acceptors (Lipinski definition) is 2. The number of unbranched alkanes of at least 4 members (excludes halogenated alkanes) is 2. The van der Waals surface area contributed by atoms with Crippen LogP contribution in [0.2, 0.25) is 0 Å². The summed E-state index contributed by atoms with van der Waals surface area (Å²) >= 11 is 5.42. The Kier molecular flexibility index (Phi) is 8.82. The van der Waals surface area contributed by atoms with Gasteiger partial charge in [0.05, 0.1) is 0 Å². The standard InChI is InChI=1S/C15H24BrNS/c1-3-5-6-7-14(17-4-2)12-18-15-10-8-13(16)9-11-15/h8-11,14,17H,3-7,12H2,1-2H3. The Morgan fingerprint density at radius 2 is 1.89 bits per heavy atom. The molecule has 0 heterocycles. The third-order valence-electron chi connectivity index (χ3n) is 2.91. The molecule has 0 aliphatic carbocycles. The minimum Gasteiger partial charge on any atom is -0.313 e. The summed E-state index contributed by atoms with van der Waals surface area (Å²) in [6, 6.07) is 9.24. The molecule has 0 bridgehead atoms. The fraction of sp³-hybridized carbons (Fsp3) is 0.600. The summed E-state index contributed by atoms with van der Waals surface area (Å²) in [5.74, 6) is 1.17. The van der Waals surface area contributed by atoms with Gasteiger partial charge in [0.1, 0.15) is 0 Å². The summed E-state index contributed by atoms with van der Waals surface area (Å²) in [7, 11) is 0. The molecule has 0 aliphatic rings. The van der Waals surface area contributed by atoms with Gasteiger partial charge in [-0.2, -0.15) is 0 Å². The average Bonchev–Trinajstić information content (AvgIpc) is 2.38. The van der Waals surface area contributed by atoms with Gasteiger partial charge >= 0.3 is 0 Å². The second kappa shape index (κ2) is 9.88. The van der Waals surface area contributed by atoms with E-state index in [1.165, 1.54) is 36.3 Å². The van der Waals surface area contributed by atoms with Gasteiger partial charge in [0.2, 0.25) is 0 Å². The van der Waals surface area contributed by atoms with Crippen molar-refractivity contribution in [1.82, 2.24) is 5.32 Å². The van der Waals surface area contributed by atoms with Crippen LogP contribution in [0.5, 0.6) is 0 Å². The van der Waals surface area contributed by atoms with Crippen molar-refractivity contribution in [3.05, 3.63) is 28.7 Å². The van der Waals surface area contributed by atoms with Crippen LogP contribution in [0, 0.1) is 0 Å². The van der Waals surface area contributed by atoms with Gasteiger partial charge in [-0.15, -0.1) is 11.8 Å². The smallest absolute Gasteiger partial charge is 0.0176 e. The molecule has 1 aromatic rings. The molecule has 3 heteroatoms. The summed E-state index contributed by atoms with van der Waals surface area (Å²) in [6.45, 7) is 5.52. The van der Waals surface area contributed by atoms with E-state index in [1.54, 1.807) is 0 Å². The van der Waals surface area contributed by atoms with Crippen LogP contribution in [0.15, 0.2) is 33.6 Å². The Morgan fingerprint density at radius 3 is 2.50 bits per heavy atom. The van der Waals surface area contributed by atoms with Gasteiger partial charge in [0.15, 0.2) is 0 Å². The molecule has 0 amide bonds. The molecule has 102 valence electrons. The number of halogens is 1. The number of nitrogens with one attached hydrogen (secondary N) is 1. The molecule has 1 aromatic carbocycles. The van der Waals surface area contributed by atoms with Gasteiger partial charge in [-0.3, -0.25) is 0 Å². The van der Waals surface area contributed by atoms with Gasteiger partial charge in [-0.1, -0.05) is 49.0 Å². The molecule has 1 atom stereocenters. The summed E-state index contributed by atoms with van der Waals surface area (Å²) in [6.07, 6.45) is 5.30. The van der Waals surface area contributed by atoms with Crippen molar-refractivity contribution in [3.63, 3.8) is 0 Å². The molecule has 0 aromatic heterocycles. The first-order valence-corrected chi connectivity index (χ1v) is 8.65. The maximum atomic E-state index is 3.59.